The maximum absolute atomic E-state index is 11.9. The average Bonchev–Trinajstić information content (AvgIpc) is 3.04. The molecule has 3 rings (SSSR count). The molecule has 6 atom stereocenters. The Bertz CT molecular complexity index is 497. The molecule has 5 nitrogen and oxygen atoms in total. The summed E-state index contributed by atoms with van der Waals surface area (Å²) in [5.74, 6) is -0.323. The molecule has 2 saturated carbocycles. The lowest BCUT2D eigenvalue weighted by Gasteiger charge is -2.27. The smallest absolute Gasteiger partial charge is 0.327 e. The number of rotatable bonds is 4. The summed E-state index contributed by atoms with van der Waals surface area (Å²) in [6.07, 6.45) is 1.93. The normalized spacial score (nSPS) is 42.1. The van der Waals surface area contributed by atoms with Crippen molar-refractivity contribution < 1.29 is 19.1 Å². The molecule has 0 amide bonds. The molecule has 2 aliphatic carbocycles. The second-order valence-electron chi connectivity index (χ2n) is 6.36. The Kier molecular flexibility index (Phi) is 3.00. The maximum Gasteiger partial charge on any atom is 0.327 e. The van der Waals surface area contributed by atoms with Gasteiger partial charge in [0.2, 0.25) is 0 Å². The van der Waals surface area contributed by atoms with Gasteiger partial charge < -0.3 is 9.47 Å². The summed E-state index contributed by atoms with van der Waals surface area (Å²) in [5, 5.41) is 9.31. The van der Waals surface area contributed by atoms with Crippen molar-refractivity contribution in [2.24, 2.45) is 29.1 Å². The minimum absolute atomic E-state index is 0.00250. The van der Waals surface area contributed by atoms with Crippen LogP contribution >= 0.6 is 0 Å². The van der Waals surface area contributed by atoms with Crippen molar-refractivity contribution in [3.8, 4) is 6.07 Å². The van der Waals surface area contributed by atoms with E-state index in [1.807, 2.05) is 13.8 Å². The van der Waals surface area contributed by atoms with Gasteiger partial charge in [-0.3, -0.25) is 9.59 Å². The van der Waals surface area contributed by atoms with E-state index in [1.165, 1.54) is 0 Å². The lowest BCUT2D eigenvalue weighted by molar-refractivity contribution is -0.152. The van der Waals surface area contributed by atoms with Crippen LogP contribution in [-0.2, 0) is 19.1 Å². The highest BCUT2D eigenvalue weighted by Gasteiger charge is 2.71. The van der Waals surface area contributed by atoms with E-state index in [0.29, 0.717) is 13.0 Å². The largest absolute Gasteiger partial charge is 0.465 e. The first-order chi connectivity index (χ1) is 9.53. The van der Waals surface area contributed by atoms with Gasteiger partial charge in [-0.25, -0.2) is 0 Å². The summed E-state index contributed by atoms with van der Waals surface area (Å²) in [4.78, 5) is 23.7. The Labute approximate surface area is 118 Å². The van der Waals surface area contributed by atoms with Crippen molar-refractivity contribution in [1.82, 2.24) is 0 Å². The minimum Gasteiger partial charge on any atom is -0.465 e. The number of esters is 2. The van der Waals surface area contributed by atoms with Crippen molar-refractivity contribution in [2.75, 3.05) is 6.61 Å². The van der Waals surface area contributed by atoms with E-state index in [4.69, 9.17) is 9.47 Å². The average molecular weight is 277 g/mol. The molecule has 2 bridgehead atoms. The highest BCUT2D eigenvalue weighted by Crippen LogP contribution is 2.63. The molecule has 1 saturated heterocycles. The summed E-state index contributed by atoms with van der Waals surface area (Å²) >= 11 is 0. The predicted octanol–water partition coefficient (Wildman–Crippen LogP) is 1.67. The van der Waals surface area contributed by atoms with E-state index in [9.17, 15) is 14.9 Å². The summed E-state index contributed by atoms with van der Waals surface area (Å²) in [7, 11) is 0. The molecular weight excluding hydrogens is 258 g/mol. The maximum atomic E-state index is 11.9. The van der Waals surface area contributed by atoms with E-state index in [0.717, 1.165) is 12.8 Å². The van der Waals surface area contributed by atoms with Crippen LogP contribution in [0.4, 0.5) is 0 Å². The van der Waals surface area contributed by atoms with Crippen LogP contribution in [0.3, 0.4) is 0 Å². The van der Waals surface area contributed by atoms with E-state index in [2.05, 4.69) is 6.07 Å². The van der Waals surface area contributed by atoms with Crippen molar-refractivity contribution in [3.63, 3.8) is 0 Å². The van der Waals surface area contributed by atoms with Crippen molar-refractivity contribution in [2.45, 2.75) is 39.2 Å². The van der Waals surface area contributed by atoms with Gasteiger partial charge in [0.05, 0.1) is 18.6 Å². The number of ether oxygens (including phenoxy) is 2. The second-order valence-corrected chi connectivity index (χ2v) is 6.36. The number of hydrogen-bond donors (Lipinski definition) is 0. The number of nitrogens with zero attached hydrogens (tertiary/aromatic N) is 1. The van der Waals surface area contributed by atoms with Gasteiger partial charge in [-0.15, -0.1) is 0 Å². The van der Waals surface area contributed by atoms with Crippen molar-refractivity contribution >= 4 is 11.9 Å². The van der Waals surface area contributed by atoms with Gasteiger partial charge in [-0.05, 0) is 25.2 Å². The zero-order chi connectivity index (χ0) is 14.5. The highest BCUT2D eigenvalue weighted by atomic mass is 16.6. The van der Waals surface area contributed by atoms with Crippen LogP contribution in [0.1, 0.15) is 33.1 Å². The molecule has 0 aromatic heterocycles. The van der Waals surface area contributed by atoms with Crippen LogP contribution in [0.15, 0.2) is 0 Å². The van der Waals surface area contributed by atoms with E-state index < -0.39 is 5.41 Å². The van der Waals surface area contributed by atoms with Gasteiger partial charge in [0.25, 0.3) is 0 Å². The molecule has 108 valence electrons. The molecule has 0 aromatic rings. The summed E-state index contributed by atoms with van der Waals surface area (Å²) in [6.45, 7) is 4.10. The molecule has 6 unspecified atom stereocenters. The molecule has 1 heterocycles. The van der Waals surface area contributed by atoms with Gasteiger partial charge in [0.15, 0.2) is 5.41 Å². The van der Waals surface area contributed by atoms with Gasteiger partial charge in [0.1, 0.15) is 6.10 Å². The van der Waals surface area contributed by atoms with E-state index in [-0.39, 0.29) is 41.7 Å². The SMILES string of the molecule is CCC(C)C(=O)OCC1C2CC3C1OC(=O)C3(C#N)C2. The number of hydrogen-bond acceptors (Lipinski definition) is 5. The Morgan fingerprint density at radius 2 is 2.40 bits per heavy atom. The van der Waals surface area contributed by atoms with Crippen LogP contribution in [-0.4, -0.2) is 24.6 Å². The molecular formula is C15H19NO4. The number of nitriles is 1. The fraction of sp³-hybridized carbons (Fsp3) is 0.800. The Hall–Kier alpha value is -1.57. The molecule has 3 fully saturated rings. The molecule has 20 heavy (non-hydrogen) atoms. The number of fused-ring (bicyclic) bond motifs is 1. The highest BCUT2D eigenvalue weighted by molar-refractivity contribution is 5.84. The summed E-state index contributed by atoms with van der Waals surface area (Å²) < 4.78 is 10.8. The molecule has 0 aromatic carbocycles. The Morgan fingerprint density at radius 1 is 1.65 bits per heavy atom. The fourth-order valence-corrected chi connectivity index (χ4v) is 4.01. The topological polar surface area (TPSA) is 76.4 Å². The number of carbonyl (C=O) groups is 2. The first-order valence-electron chi connectivity index (χ1n) is 7.32. The lowest BCUT2D eigenvalue weighted by atomic mass is 9.72. The molecule has 0 N–H and O–H groups in total. The summed E-state index contributed by atoms with van der Waals surface area (Å²) in [6, 6.07) is 2.18. The first kappa shape index (κ1) is 13.4. The van der Waals surface area contributed by atoms with Crippen LogP contribution in [0.25, 0.3) is 0 Å². The third-order valence-corrected chi connectivity index (χ3v) is 5.44. The van der Waals surface area contributed by atoms with E-state index in [1.54, 1.807) is 0 Å². The van der Waals surface area contributed by atoms with Crippen LogP contribution < -0.4 is 0 Å². The Balaban J connectivity index is 1.67. The summed E-state index contributed by atoms with van der Waals surface area (Å²) in [5.41, 5.74) is -0.910. The van der Waals surface area contributed by atoms with Crippen LogP contribution in [0, 0.1) is 40.4 Å². The lowest BCUT2D eigenvalue weighted by Crippen LogP contribution is -2.36. The van der Waals surface area contributed by atoms with Gasteiger partial charge >= 0.3 is 11.9 Å². The van der Waals surface area contributed by atoms with E-state index >= 15 is 0 Å². The minimum atomic E-state index is -0.910. The van der Waals surface area contributed by atoms with Crippen LogP contribution in [0.2, 0.25) is 0 Å². The zero-order valence-corrected chi connectivity index (χ0v) is 11.8. The predicted molar refractivity (Wildman–Crippen MR) is 68.0 cm³/mol. The van der Waals surface area contributed by atoms with Crippen LogP contribution in [0.5, 0.6) is 0 Å². The van der Waals surface area contributed by atoms with Gasteiger partial charge in [-0.1, -0.05) is 13.8 Å². The molecule has 0 radical (unpaired) electrons. The zero-order valence-electron chi connectivity index (χ0n) is 11.8. The Morgan fingerprint density at radius 3 is 3.05 bits per heavy atom. The van der Waals surface area contributed by atoms with Crippen molar-refractivity contribution in [3.05, 3.63) is 0 Å². The second kappa shape index (κ2) is 4.47. The number of carbonyl (C=O) groups excluding carboxylic acids is 2. The van der Waals surface area contributed by atoms with Gasteiger partial charge in [-0.2, -0.15) is 5.26 Å². The molecule has 5 heteroatoms. The monoisotopic (exact) mass is 277 g/mol. The van der Waals surface area contributed by atoms with Gasteiger partial charge in [0, 0.05) is 11.8 Å². The molecule has 1 aliphatic heterocycles. The third-order valence-electron chi connectivity index (χ3n) is 5.44. The first-order valence-corrected chi connectivity index (χ1v) is 7.32. The molecule has 0 spiro atoms. The third kappa shape index (κ3) is 1.60. The fourth-order valence-electron chi connectivity index (χ4n) is 4.01. The quantitative estimate of drug-likeness (QED) is 0.730. The van der Waals surface area contributed by atoms with Crippen molar-refractivity contribution in [1.29, 1.82) is 5.26 Å². The standard InChI is InChI=1S/C15H19NO4/c1-3-8(2)13(17)19-6-10-9-4-11-12(10)20-14(18)15(11,5-9)7-16/h8-12H,3-6H2,1-2H3. The molecule has 3 aliphatic rings.